The van der Waals surface area contributed by atoms with Crippen molar-refractivity contribution >= 4 is 41.0 Å². The van der Waals surface area contributed by atoms with Gasteiger partial charge in [-0.2, -0.15) is 10.4 Å². The van der Waals surface area contributed by atoms with Crippen molar-refractivity contribution in [3.63, 3.8) is 0 Å². The number of carbonyl (C=O) groups is 1. The Kier molecular flexibility index (Phi) is 6.89. The van der Waals surface area contributed by atoms with Crippen molar-refractivity contribution in [3.05, 3.63) is 99.0 Å². The normalized spacial score (nSPS) is 11.8. The van der Waals surface area contributed by atoms with E-state index in [0.29, 0.717) is 21.3 Å². The summed E-state index contributed by atoms with van der Waals surface area (Å²) >= 11 is 12.6. The third kappa shape index (κ3) is 4.88. The van der Waals surface area contributed by atoms with E-state index in [2.05, 4.69) is 11.2 Å². The molecule has 0 saturated carbocycles. The molecule has 0 aliphatic carbocycles. The smallest absolute Gasteiger partial charge is 0.244 e. The molecule has 0 heterocycles. The fraction of sp³-hybridized carbons (Fsp3) is 0.125. The van der Waals surface area contributed by atoms with Crippen LogP contribution in [0.1, 0.15) is 35.1 Å². The molecular formula is C24H19Cl2N3O. The summed E-state index contributed by atoms with van der Waals surface area (Å²) in [6.07, 6.45) is 1.62. The van der Waals surface area contributed by atoms with Gasteiger partial charge in [0.2, 0.25) is 5.91 Å². The topological polar surface area (TPSA) is 56.5 Å². The van der Waals surface area contributed by atoms with Crippen molar-refractivity contribution < 1.29 is 4.79 Å². The molecule has 0 aromatic heterocycles. The first-order valence-corrected chi connectivity index (χ1v) is 10.0. The zero-order chi connectivity index (χ0) is 21.7. The lowest BCUT2D eigenvalue weighted by atomic mass is 9.89. The molecule has 0 radical (unpaired) electrons. The third-order valence-corrected chi connectivity index (χ3v) is 5.17. The van der Waals surface area contributed by atoms with Gasteiger partial charge in [0, 0.05) is 17.0 Å². The number of carbonyl (C=O) groups excluding carboxylic acids is 1. The number of nitriles is 1. The number of nitrogens with zero attached hydrogens (tertiary/aromatic N) is 3. The van der Waals surface area contributed by atoms with Gasteiger partial charge in [0.15, 0.2) is 0 Å². The van der Waals surface area contributed by atoms with Gasteiger partial charge in [0.1, 0.15) is 0 Å². The molecule has 0 saturated heterocycles. The van der Waals surface area contributed by atoms with E-state index in [1.54, 1.807) is 24.4 Å². The van der Waals surface area contributed by atoms with Crippen LogP contribution in [0.3, 0.4) is 0 Å². The molecule has 30 heavy (non-hydrogen) atoms. The molecule has 4 nitrogen and oxygen atoms in total. The summed E-state index contributed by atoms with van der Waals surface area (Å²) in [4.78, 5) is 12.2. The Morgan fingerprint density at radius 2 is 1.77 bits per heavy atom. The molecule has 0 fully saturated rings. The Morgan fingerprint density at radius 3 is 2.33 bits per heavy atom. The minimum absolute atomic E-state index is 0.250. The Morgan fingerprint density at radius 1 is 1.10 bits per heavy atom. The van der Waals surface area contributed by atoms with Crippen molar-refractivity contribution in [3.8, 4) is 6.07 Å². The minimum Gasteiger partial charge on any atom is -0.273 e. The van der Waals surface area contributed by atoms with E-state index in [1.807, 2.05) is 55.5 Å². The number of halogens is 2. The van der Waals surface area contributed by atoms with E-state index < -0.39 is 5.92 Å². The molecule has 3 aromatic rings. The zero-order valence-corrected chi connectivity index (χ0v) is 18.0. The second kappa shape index (κ2) is 9.58. The minimum atomic E-state index is -0.553. The van der Waals surface area contributed by atoms with E-state index in [-0.39, 0.29) is 5.91 Å². The average molecular weight is 436 g/mol. The van der Waals surface area contributed by atoms with Crippen LogP contribution in [-0.4, -0.2) is 12.1 Å². The monoisotopic (exact) mass is 435 g/mol. The van der Waals surface area contributed by atoms with Gasteiger partial charge >= 0.3 is 0 Å². The van der Waals surface area contributed by atoms with Gasteiger partial charge in [0.25, 0.3) is 0 Å². The summed E-state index contributed by atoms with van der Waals surface area (Å²) in [6, 6.07) is 22.4. The molecule has 150 valence electrons. The maximum Gasteiger partial charge on any atom is 0.244 e. The number of benzene rings is 3. The van der Waals surface area contributed by atoms with Gasteiger partial charge in [-0.1, -0.05) is 65.7 Å². The predicted molar refractivity (Wildman–Crippen MR) is 122 cm³/mol. The van der Waals surface area contributed by atoms with Crippen LogP contribution in [-0.2, 0) is 4.79 Å². The second-order valence-electron chi connectivity index (χ2n) is 6.76. The number of hydrazone groups is 1. The molecule has 3 aromatic carbocycles. The van der Waals surface area contributed by atoms with Gasteiger partial charge in [-0.25, -0.2) is 5.01 Å². The lowest BCUT2D eigenvalue weighted by molar-refractivity contribution is -0.116. The van der Waals surface area contributed by atoms with Crippen LogP contribution in [0, 0.1) is 18.3 Å². The fourth-order valence-corrected chi connectivity index (χ4v) is 3.68. The molecule has 0 aliphatic rings. The quantitative estimate of drug-likeness (QED) is 0.346. The predicted octanol–water partition coefficient (Wildman–Crippen LogP) is 6.34. The summed E-state index contributed by atoms with van der Waals surface area (Å²) in [6.45, 7) is 3.30. The number of aryl methyl sites for hydroxylation is 1. The number of hydrogen-bond donors (Lipinski definition) is 0. The molecular weight excluding hydrogens is 417 g/mol. The largest absolute Gasteiger partial charge is 0.273 e. The maximum atomic E-state index is 12.2. The van der Waals surface area contributed by atoms with Crippen molar-refractivity contribution in [1.29, 1.82) is 5.26 Å². The van der Waals surface area contributed by atoms with E-state index in [4.69, 9.17) is 23.2 Å². The summed E-state index contributed by atoms with van der Waals surface area (Å²) in [5, 5.41) is 16.4. The maximum absolute atomic E-state index is 12.2. The van der Waals surface area contributed by atoms with Gasteiger partial charge < -0.3 is 0 Å². The highest BCUT2D eigenvalue weighted by Crippen LogP contribution is 2.36. The summed E-state index contributed by atoms with van der Waals surface area (Å²) in [5.41, 5.74) is 3.69. The van der Waals surface area contributed by atoms with E-state index >= 15 is 0 Å². The van der Waals surface area contributed by atoms with Crippen LogP contribution >= 0.6 is 23.2 Å². The van der Waals surface area contributed by atoms with Crippen molar-refractivity contribution in [1.82, 2.24) is 0 Å². The highest BCUT2D eigenvalue weighted by atomic mass is 35.5. The molecule has 6 heteroatoms. The van der Waals surface area contributed by atoms with Gasteiger partial charge in [0.05, 0.1) is 23.9 Å². The summed E-state index contributed by atoms with van der Waals surface area (Å²) in [5.74, 6) is -0.803. The first kappa shape index (κ1) is 21.6. The number of amides is 1. The van der Waals surface area contributed by atoms with Crippen LogP contribution in [0.2, 0.25) is 10.0 Å². The van der Waals surface area contributed by atoms with E-state index in [1.165, 1.54) is 11.9 Å². The van der Waals surface area contributed by atoms with Gasteiger partial charge in [-0.05, 0) is 53.4 Å². The molecule has 0 bridgehead atoms. The molecule has 0 spiro atoms. The van der Waals surface area contributed by atoms with Crippen molar-refractivity contribution in [2.75, 3.05) is 5.01 Å². The molecule has 1 unspecified atom stereocenters. The third-order valence-electron chi connectivity index (χ3n) is 4.61. The van der Waals surface area contributed by atoms with Gasteiger partial charge in [-0.15, -0.1) is 0 Å². The Bertz CT molecular complexity index is 1100. The summed E-state index contributed by atoms with van der Waals surface area (Å²) in [7, 11) is 0. The van der Waals surface area contributed by atoms with Crippen LogP contribution in [0.5, 0.6) is 0 Å². The number of rotatable bonds is 5. The summed E-state index contributed by atoms with van der Waals surface area (Å²) < 4.78 is 0. The van der Waals surface area contributed by atoms with Crippen molar-refractivity contribution in [2.24, 2.45) is 5.10 Å². The zero-order valence-electron chi connectivity index (χ0n) is 16.5. The van der Waals surface area contributed by atoms with E-state index in [0.717, 1.165) is 16.7 Å². The van der Waals surface area contributed by atoms with Crippen molar-refractivity contribution in [2.45, 2.75) is 19.8 Å². The lowest BCUT2D eigenvalue weighted by Crippen LogP contribution is -2.22. The molecule has 0 N–H and O–H groups in total. The molecule has 0 aliphatic heterocycles. The van der Waals surface area contributed by atoms with Crippen LogP contribution in [0.25, 0.3) is 0 Å². The Hall–Kier alpha value is -3.13. The number of anilines is 1. The fourth-order valence-electron chi connectivity index (χ4n) is 3.18. The Balaban J connectivity index is 1.99. The standard InChI is InChI=1S/C24H19Cl2N3O/c1-16-12-21(29(17(2)30)28-15-18-6-4-3-5-7-18)13-23(26)24(16)22(14-27)19-8-10-20(25)11-9-19/h3-13,15,22H,1-2H3. The number of hydrogen-bond acceptors (Lipinski definition) is 3. The van der Waals surface area contributed by atoms with E-state index in [9.17, 15) is 10.1 Å². The van der Waals surface area contributed by atoms with Crippen LogP contribution in [0.15, 0.2) is 71.8 Å². The first-order chi connectivity index (χ1) is 14.4. The van der Waals surface area contributed by atoms with Crippen LogP contribution in [0.4, 0.5) is 5.69 Å². The lowest BCUT2D eigenvalue weighted by Gasteiger charge is -2.20. The van der Waals surface area contributed by atoms with Gasteiger partial charge in [-0.3, -0.25) is 4.79 Å². The average Bonchev–Trinajstić information content (AvgIpc) is 2.72. The second-order valence-corrected chi connectivity index (χ2v) is 7.60. The molecule has 3 rings (SSSR count). The Labute approximate surface area is 186 Å². The molecule has 1 atom stereocenters. The highest BCUT2D eigenvalue weighted by Gasteiger charge is 2.22. The SMILES string of the molecule is CC(=O)N(N=Cc1ccccc1)c1cc(C)c(C(C#N)c2ccc(Cl)cc2)c(Cl)c1. The first-order valence-electron chi connectivity index (χ1n) is 9.25. The van der Waals surface area contributed by atoms with Crippen LogP contribution < -0.4 is 5.01 Å². The highest BCUT2D eigenvalue weighted by molar-refractivity contribution is 6.32. The molecule has 1 amide bonds.